The highest BCUT2D eigenvalue weighted by atomic mass is 16.5. The molecule has 0 radical (unpaired) electrons. The molecular formula is C27H28NO6+. The van der Waals surface area contributed by atoms with Gasteiger partial charge in [0, 0.05) is 23.3 Å². The first-order chi connectivity index (χ1) is 16.5. The number of benzene rings is 3. The van der Waals surface area contributed by atoms with E-state index in [0.717, 1.165) is 24.0 Å². The van der Waals surface area contributed by atoms with Crippen molar-refractivity contribution < 1.29 is 28.5 Å². The highest BCUT2D eigenvalue weighted by Crippen LogP contribution is 2.50. The summed E-state index contributed by atoms with van der Waals surface area (Å²) < 4.78 is 25.5. The molecule has 176 valence electrons. The number of rotatable bonds is 7. The molecule has 1 heterocycles. The molecule has 0 atom stereocenters. The van der Waals surface area contributed by atoms with Crippen LogP contribution in [0.2, 0.25) is 0 Å². The average Bonchev–Trinajstić information content (AvgIpc) is 2.86. The van der Waals surface area contributed by atoms with Gasteiger partial charge in [-0.25, -0.2) is 9.37 Å². The highest BCUT2D eigenvalue weighted by Gasteiger charge is 2.27. The summed E-state index contributed by atoms with van der Waals surface area (Å²) in [5.74, 6) is 0.872. The van der Waals surface area contributed by atoms with Crippen molar-refractivity contribution in [3.63, 3.8) is 0 Å². The van der Waals surface area contributed by atoms with Crippen LogP contribution in [0.4, 0.5) is 0 Å². The van der Waals surface area contributed by atoms with Gasteiger partial charge in [0.1, 0.15) is 24.4 Å². The van der Waals surface area contributed by atoms with Gasteiger partial charge in [-0.15, -0.1) is 0 Å². The Labute approximate surface area is 197 Å². The second-order valence-corrected chi connectivity index (χ2v) is 7.70. The summed E-state index contributed by atoms with van der Waals surface area (Å²) in [7, 11) is 4.62. The zero-order valence-corrected chi connectivity index (χ0v) is 20.0. The first-order valence-corrected chi connectivity index (χ1v) is 11.1. The van der Waals surface area contributed by atoms with Crippen molar-refractivity contribution >= 4 is 16.9 Å². The molecule has 0 bridgehead atoms. The maximum absolute atomic E-state index is 12.2. The molecule has 7 nitrogen and oxygen atoms in total. The third-order valence-corrected chi connectivity index (χ3v) is 6.05. The molecule has 1 aliphatic heterocycles. The molecule has 34 heavy (non-hydrogen) atoms. The molecule has 2 aromatic carbocycles. The fourth-order valence-corrected chi connectivity index (χ4v) is 4.46. The molecule has 0 fully saturated rings. The molecule has 0 saturated heterocycles. The lowest BCUT2D eigenvalue weighted by Gasteiger charge is -2.21. The average molecular weight is 463 g/mol. The highest BCUT2D eigenvalue weighted by molar-refractivity contribution is 6.10. The van der Waals surface area contributed by atoms with Crippen LogP contribution in [0.3, 0.4) is 0 Å². The summed E-state index contributed by atoms with van der Waals surface area (Å²) in [5, 5.41) is 11.6. The Morgan fingerprint density at radius 2 is 1.62 bits per heavy atom. The number of carboxylic acids is 1. The summed E-state index contributed by atoms with van der Waals surface area (Å²) in [6, 6.07) is 14.6. The van der Waals surface area contributed by atoms with Crippen molar-refractivity contribution in [2.45, 2.75) is 13.8 Å². The molecule has 4 rings (SSSR count). The van der Waals surface area contributed by atoms with Crippen molar-refractivity contribution in [1.29, 1.82) is 0 Å². The number of ether oxygens (including phenoxy) is 3. The summed E-state index contributed by atoms with van der Waals surface area (Å²) in [4.78, 5) is 12.2. The number of aromatic carboxylic acids is 1. The van der Waals surface area contributed by atoms with Crippen LogP contribution in [0.5, 0.6) is 17.2 Å². The van der Waals surface area contributed by atoms with Crippen molar-refractivity contribution in [3.8, 4) is 39.7 Å². The predicted molar refractivity (Wildman–Crippen MR) is 131 cm³/mol. The third-order valence-electron chi connectivity index (χ3n) is 6.05. The van der Waals surface area contributed by atoms with E-state index in [1.807, 2.05) is 24.3 Å². The molecule has 0 aromatic heterocycles. The maximum atomic E-state index is 12.2. The van der Waals surface area contributed by atoms with Gasteiger partial charge in [-0.2, -0.15) is 0 Å². The van der Waals surface area contributed by atoms with Crippen molar-refractivity contribution in [2.24, 2.45) is 0 Å². The van der Waals surface area contributed by atoms with Gasteiger partial charge in [0.2, 0.25) is 11.1 Å². The van der Waals surface area contributed by atoms with Gasteiger partial charge in [-0.3, -0.25) is 0 Å². The van der Waals surface area contributed by atoms with Gasteiger partial charge >= 0.3 is 5.97 Å². The standard InChI is InChI=1S/C27H27NO6/c1-6-28(7-2)16-12-13-19-20(14-16)34-21-15-22(31-3)25(32-4)26(33-5)24(21)23(19)17-10-8-9-11-18(17)27(29)30/h8-15H,6-7H2,1-5H3/p+1. The number of carbonyl (C=O) groups is 1. The second-order valence-electron chi connectivity index (χ2n) is 7.70. The molecule has 7 heteroatoms. The lowest BCUT2D eigenvalue weighted by atomic mass is 9.90. The van der Waals surface area contributed by atoms with Crippen molar-refractivity contribution in [3.05, 3.63) is 59.5 Å². The zero-order chi connectivity index (χ0) is 24.4. The molecule has 1 aliphatic carbocycles. The number of hydrogen-bond donors (Lipinski definition) is 1. The van der Waals surface area contributed by atoms with Gasteiger partial charge < -0.3 is 23.7 Å². The van der Waals surface area contributed by atoms with E-state index in [2.05, 4.69) is 18.4 Å². The first kappa shape index (κ1) is 23.2. The number of hydrogen-bond acceptors (Lipinski definition) is 5. The number of carboxylic acid groups (broad SMARTS) is 1. The van der Waals surface area contributed by atoms with Gasteiger partial charge in [0.05, 0.1) is 38.3 Å². The van der Waals surface area contributed by atoms with Crippen molar-refractivity contribution in [1.82, 2.24) is 4.58 Å². The Kier molecular flexibility index (Phi) is 6.45. The quantitative estimate of drug-likeness (QED) is 0.316. The van der Waals surface area contributed by atoms with E-state index >= 15 is 0 Å². The molecule has 0 spiro atoms. The lowest BCUT2D eigenvalue weighted by Crippen LogP contribution is -2.29. The van der Waals surface area contributed by atoms with Crippen LogP contribution in [0, 0.1) is 0 Å². The lowest BCUT2D eigenvalue weighted by molar-refractivity contribution is 0.0697. The van der Waals surface area contributed by atoms with E-state index in [4.69, 9.17) is 18.6 Å². The normalized spacial score (nSPS) is 11.0. The Morgan fingerprint density at radius 1 is 0.912 bits per heavy atom. The minimum atomic E-state index is -1.02. The van der Waals surface area contributed by atoms with E-state index < -0.39 is 5.97 Å². The Hall–Kier alpha value is -4.00. The Morgan fingerprint density at radius 3 is 2.24 bits per heavy atom. The largest absolute Gasteiger partial charge is 0.493 e. The monoisotopic (exact) mass is 462 g/mol. The van der Waals surface area contributed by atoms with E-state index in [1.165, 1.54) is 14.2 Å². The minimum Gasteiger partial charge on any atom is -0.493 e. The van der Waals surface area contributed by atoms with Gasteiger partial charge in [-0.1, -0.05) is 18.2 Å². The van der Waals surface area contributed by atoms with Crippen molar-refractivity contribution in [2.75, 3.05) is 34.4 Å². The van der Waals surface area contributed by atoms with Crippen LogP contribution >= 0.6 is 0 Å². The maximum Gasteiger partial charge on any atom is 0.336 e. The number of nitrogens with zero attached hydrogens (tertiary/aromatic N) is 1. The molecular weight excluding hydrogens is 434 g/mol. The fourth-order valence-electron chi connectivity index (χ4n) is 4.46. The minimum absolute atomic E-state index is 0.181. The van der Waals surface area contributed by atoms with Crippen LogP contribution < -0.4 is 24.1 Å². The third kappa shape index (κ3) is 3.73. The molecule has 1 N–H and O–H groups in total. The molecule has 0 unspecified atom stereocenters. The molecule has 0 saturated carbocycles. The smallest absolute Gasteiger partial charge is 0.336 e. The summed E-state index contributed by atoms with van der Waals surface area (Å²) in [5.41, 5.74) is 2.69. The zero-order valence-electron chi connectivity index (χ0n) is 20.0. The second kappa shape index (κ2) is 9.47. The van der Waals surface area contributed by atoms with E-state index in [1.54, 1.807) is 31.4 Å². The van der Waals surface area contributed by atoms with Crippen LogP contribution in [-0.2, 0) is 0 Å². The van der Waals surface area contributed by atoms with Crippen LogP contribution in [0.15, 0.2) is 52.9 Å². The summed E-state index contributed by atoms with van der Waals surface area (Å²) in [6.07, 6.45) is 0. The molecule has 0 amide bonds. The molecule has 2 aliphatic rings. The fraction of sp³-hybridized carbons (Fsp3) is 0.259. The van der Waals surface area contributed by atoms with E-state index in [-0.39, 0.29) is 5.56 Å². The molecule has 2 aromatic rings. The van der Waals surface area contributed by atoms with E-state index in [9.17, 15) is 9.90 Å². The summed E-state index contributed by atoms with van der Waals surface area (Å²) in [6.45, 7) is 5.90. The Balaban J connectivity index is 2.28. The van der Waals surface area contributed by atoms with Crippen LogP contribution in [0.1, 0.15) is 24.2 Å². The Bertz CT molecular complexity index is 1410. The van der Waals surface area contributed by atoms with Crippen LogP contribution in [0.25, 0.3) is 33.4 Å². The summed E-state index contributed by atoms with van der Waals surface area (Å²) >= 11 is 0. The first-order valence-electron chi connectivity index (χ1n) is 11.1. The van der Waals surface area contributed by atoms with Crippen LogP contribution in [-0.4, -0.2) is 45.5 Å². The SMILES string of the molecule is CC[N+](CC)=c1ccc2c(-c3ccccc3C(=O)O)c3c(OC)c(OC)c(OC)cc3oc-2c1. The predicted octanol–water partition coefficient (Wildman–Crippen LogP) is 4.74. The van der Waals surface area contributed by atoms with Gasteiger partial charge in [0.25, 0.3) is 0 Å². The topological polar surface area (TPSA) is 81.1 Å². The number of fused-ring (bicyclic) bond motifs is 2. The van der Waals surface area contributed by atoms with Gasteiger partial charge in [0.15, 0.2) is 11.5 Å². The number of methoxy groups -OCH3 is 3. The van der Waals surface area contributed by atoms with E-state index in [0.29, 0.717) is 45.1 Å². The van der Waals surface area contributed by atoms with Gasteiger partial charge in [-0.05, 0) is 31.5 Å².